The zero-order valence-electron chi connectivity index (χ0n) is 13.1. The minimum absolute atomic E-state index is 0.0622. The third-order valence-corrected chi connectivity index (χ3v) is 4.63. The maximum Gasteiger partial charge on any atom is 0.135 e. The first-order valence-electron chi connectivity index (χ1n) is 7.63. The van der Waals surface area contributed by atoms with Crippen LogP contribution in [0.5, 0.6) is 0 Å². The van der Waals surface area contributed by atoms with E-state index in [1.54, 1.807) is 6.20 Å². The molecular weight excluding hydrogens is 368 g/mol. The molecule has 0 bridgehead atoms. The van der Waals surface area contributed by atoms with Gasteiger partial charge in [0.25, 0.3) is 0 Å². The third kappa shape index (κ3) is 2.39. The van der Waals surface area contributed by atoms with Crippen molar-refractivity contribution in [2.24, 2.45) is 4.99 Å². The highest BCUT2D eigenvalue weighted by molar-refractivity contribution is 9.10. The Morgan fingerprint density at radius 3 is 2.88 bits per heavy atom. The van der Waals surface area contributed by atoms with E-state index in [0.717, 1.165) is 44.3 Å². The SMILES string of the molecule is Cc1nc2n(c1CO)-c1ccc(Br)cc1C(c1ccccn1)=NC2. The molecule has 0 radical (unpaired) electrons. The second-order valence-electron chi connectivity index (χ2n) is 5.59. The van der Waals surface area contributed by atoms with Crippen molar-refractivity contribution in [3.05, 3.63) is 75.5 Å². The number of imidazole rings is 1. The van der Waals surface area contributed by atoms with Crippen LogP contribution in [0, 0.1) is 6.92 Å². The van der Waals surface area contributed by atoms with Gasteiger partial charge in [-0.05, 0) is 37.3 Å². The van der Waals surface area contributed by atoms with Gasteiger partial charge in [0.2, 0.25) is 0 Å². The lowest BCUT2D eigenvalue weighted by Gasteiger charge is -2.14. The predicted octanol–water partition coefficient (Wildman–Crippen LogP) is 3.18. The summed E-state index contributed by atoms with van der Waals surface area (Å²) in [6.45, 7) is 2.29. The molecular formula is C18H15BrN4O. The number of benzene rings is 1. The van der Waals surface area contributed by atoms with Gasteiger partial charge in [-0.1, -0.05) is 22.0 Å². The molecule has 24 heavy (non-hydrogen) atoms. The molecule has 0 saturated carbocycles. The first-order valence-corrected chi connectivity index (χ1v) is 8.42. The largest absolute Gasteiger partial charge is 0.390 e. The lowest BCUT2D eigenvalue weighted by atomic mass is 10.0. The topological polar surface area (TPSA) is 63.3 Å². The summed E-state index contributed by atoms with van der Waals surface area (Å²) in [5, 5.41) is 9.80. The number of hydrogen-bond acceptors (Lipinski definition) is 4. The monoisotopic (exact) mass is 382 g/mol. The molecule has 1 aliphatic rings. The van der Waals surface area contributed by atoms with Crippen molar-refractivity contribution < 1.29 is 5.11 Å². The summed E-state index contributed by atoms with van der Waals surface area (Å²) < 4.78 is 2.98. The molecule has 0 amide bonds. The summed E-state index contributed by atoms with van der Waals surface area (Å²) >= 11 is 3.55. The molecule has 1 N–H and O–H groups in total. The van der Waals surface area contributed by atoms with Crippen LogP contribution >= 0.6 is 15.9 Å². The average molecular weight is 383 g/mol. The maximum absolute atomic E-state index is 9.80. The van der Waals surface area contributed by atoms with Crippen molar-refractivity contribution in [1.82, 2.24) is 14.5 Å². The number of rotatable bonds is 2. The molecule has 0 saturated heterocycles. The standard InChI is InChI=1S/C18H15BrN4O/c1-11-16(10-24)23-15-6-5-12(19)8-13(15)18(21-9-17(23)22-11)14-4-2-3-7-20-14/h2-8,24H,9-10H2,1H3. The highest BCUT2D eigenvalue weighted by Gasteiger charge is 2.23. The van der Waals surface area contributed by atoms with Crippen LogP contribution in [0.15, 0.2) is 52.1 Å². The molecule has 2 aromatic heterocycles. The zero-order valence-corrected chi connectivity index (χ0v) is 14.7. The van der Waals surface area contributed by atoms with Gasteiger partial charge in [0.15, 0.2) is 0 Å². The molecule has 6 heteroatoms. The highest BCUT2D eigenvalue weighted by Crippen LogP contribution is 2.29. The Balaban J connectivity index is 2.01. The summed E-state index contributed by atoms with van der Waals surface area (Å²) in [6.07, 6.45) is 1.77. The number of aliphatic hydroxyl groups is 1. The second kappa shape index (κ2) is 5.96. The molecule has 1 aliphatic heterocycles. The van der Waals surface area contributed by atoms with Gasteiger partial charge < -0.3 is 5.11 Å². The summed E-state index contributed by atoms with van der Waals surface area (Å²) in [7, 11) is 0. The van der Waals surface area contributed by atoms with Crippen molar-refractivity contribution in [1.29, 1.82) is 0 Å². The van der Waals surface area contributed by atoms with Gasteiger partial charge in [0, 0.05) is 16.2 Å². The van der Waals surface area contributed by atoms with E-state index in [0.29, 0.717) is 6.54 Å². The van der Waals surface area contributed by atoms with E-state index in [4.69, 9.17) is 4.99 Å². The Kier molecular flexibility index (Phi) is 3.78. The van der Waals surface area contributed by atoms with Crippen LogP contribution in [-0.2, 0) is 13.2 Å². The number of halogens is 1. The Bertz CT molecular complexity index is 947. The minimum Gasteiger partial charge on any atom is -0.390 e. The molecule has 0 unspecified atom stereocenters. The molecule has 3 aromatic rings. The number of aryl methyl sites for hydroxylation is 1. The molecule has 0 fully saturated rings. The van der Waals surface area contributed by atoms with Gasteiger partial charge in [-0.3, -0.25) is 14.5 Å². The number of pyridine rings is 1. The number of hydrogen-bond donors (Lipinski definition) is 1. The lowest BCUT2D eigenvalue weighted by molar-refractivity contribution is 0.273. The molecule has 0 spiro atoms. The normalized spacial score (nSPS) is 13.0. The number of fused-ring (bicyclic) bond motifs is 3. The van der Waals surface area contributed by atoms with Crippen LogP contribution in [-0.4, -0.2) is 25.4 Å². The highest BCUT2D eigenvalue weighted by atomic mass is 79.9. The Morgan fingerprint density at radius 1 is 1.25 bits per heavy atom. The number of aromatic nitrogens is 3. The van der Waals surface area contributed by atoms with Gasteiger partial charge >= 0.3 is 0 Å². The van der Waals surface area contributed by atoms with Crippen molar-refractivity contribution in [3.8, 4) is 5.69 Å². The summed E-state index contributed by atoms with van der Waals surface area (Å²) in [4.78, 5) is 13.8. The van der Waals surface area contributed by atoms with Crippen LogP contribution in [0.2, 0.25) is 0 Å². The summed E-state index contributed by atoms with van der Waals surface area (Å²) in [5.41, 5.74) is 5.21. The van der Waals surface area contributed by atoms with Crippen molar-refractivity contribution in [2.45, 2.75) is 20.1 Å². The second-order valence-corrected chi connectivity index (χ2v) is 6.51. The van der Waals surface area contributed by atoms with E-state index in [9.17, 15) is 5.11 Å². The quantitative estimate of drug-likeness (QED) is 0.740. The first kappa shape index (κ1) is 15.2. The molecule has 1 aromatic carbocycles. The third-order valence-electron chi connectivity index (χ3n) is 4.13. The van der Waals surface area contributed by atoms with Crippen LogP contribution in [0.25, 0.3) is 5.69 Å². The maximum atomic E-state index is 9.80. The van der Waals surface area contributed by atoms with Crippen LogP contribution in [0.1, 0.15) is 28.5 Å². The lowest BCUT2D eigenvalue weighted by Crippen LogP contribution is -2.10. The van der Waals surface area contributed by atoms with Crippen molar-refractivity contribution >= 4 is 21.6 Å². The summed E-state index contributed by atoms with van der Waals surface area (Å²) in [5.74, 6) is 0.825. The van der Waals surface area contributed by atoms with E-state index in [1.807, 2.05) is 47.9 Å². The molecule has 120 valence electrons. The van der Waals surface area contributed by atoms with E-state index in [1.165, 1.54) is 0 Å². The number of aliphatic hydroxyl groups excluding tert-OH is 1. The predicted molar refractivity (Wildman–Crippen MR) is 95.5 cm³/mol. The van der Waals surface area contributed by atoms with E-state index < -0.39 is 0 Å². The fourth-order valence-electron chi connectivity index (χ4n) is 3.05. The smallest absolute Gasteiger partial charge is 0.135 e. The van der Waals surface area contributed by atoms with Gasteiger partial charge in [0.05, 0.1) is 41.6 Å². The average Bonchev–Trinajstić information content (AvgIpc) is 2.83. The number of nitrogens with zero attached hydrogens (tertiary/aromatic N) is 4. The zero-order chi connectivity index (χ0) is 16.7. The van der Waals surface area contributed by atoms with Crippen LogP contribution in [0.4, 0.5) is 0 Å². The Labute approximate surface area is 147 Å². The molecule has 5 nitrogen and oxygen atoms in total. The van der Waals surface area contributed by atoms with Crippen LogP contribution in [0.3, 0.4) is 0 Å². The molecule has 4 rings (SSSR count). The fraction of sp³-hybridized carbons (Fsp3) is 0.167. The number of aliphatic imine (C=N–C) groups is 1. The van der Waals surface area contributed by atoms with E-state index >= 15 is 0 Å². The summed E-state index contributed by atoms with van der Waals surface area (Å²) in [6, 6.07) is 11.8. The minimum atomic E-state index is -0.0622. The Hall–Kier alpha value is -2.31. The molecule has 0 atom stereocenters. The van der Waals surface area contributed by atoms with Crippen molar-refractivity contribution in [3.63, 3.8) is 0 Å². The fourth-order valence-corrected chi connectivity index (χ4v) is 3.41. The van der Waals surface area contributed by atoms with E-state index in [-0.39, 0.29) is 6.61 Å². The van der Waals surface area contributed by atoms with Gasteiger partial charge in [-0.25, -0.2) is 4.98 Å². The molecule has 3 heterocycles. The van der Waals surface area contributed by atoms with Gasteiger partial charge in [-0.2, -0.15) is 0 Å². The van der Waals surface area contributed by atoms with Crippen LogP contribution < -0.4 is 0 Å². The van der Waals surface area contributed by atoms with Gasteiger partial charge in [-0.15, -0.1) is 0 Å². The van der Waals surface area contributed by atoms with Gasteiger partial charge in [0.1, 0.15) is 5.82 Å². The first-order chi connectivity index (χ1) is 11.7. The Morgan fingerprint density at radius 2 is 2.12 bits per heavy atom. The van der Waals surface area contributed by atoms with E-state index in [2.05, 4.69) is 25.9 Å². The molecule has 0 aliphatic carbocycles. The van der Waals surface area contributed by atoms with Crippen molar-refractivity contribution in [2.75, 3.05) is 0 Å².